The van der Waals surface area contributed by atoms with Crippen molar-refractivity contribution in [3.63, 3.8) is 0 Å². The van der Waals surface area contributed by atoms with Gasteiger partial charge in [0, 0.05) is 59.1 Å². The van der Waals surface area contributed by atoms with Crippen molar-refractivity contribution >= 4 is 35.5 Å². The number of piperazine rings is 1. The van der Waals surface area contributed by atoms with Crippen LogP contribution < -0.4 is 19.9 Å². The maximum atomic E-state index is 13.0. The Kier molecular flexibility index (Phi) is 8.62. The number of benzene rings is 1. The molecule has 31 heavy (non-hydrogen) atoms. The molecule has 2 heterocycles. The first kappa shape index (κ1) is 24.4. The van der Waals surface area contributed by atoms with Gasteiger partial charge in [0.1, 0.15) is 22.9 Å². The highest BCUT2D eigenvalue weighted by Crippen LogP contribution is 2.33. The minimum Gasteiger partial charge on any atom is -0.508 e. The van der Waals surface area contributed by atoms with Crippen LogP contribution in [-0.4, -0.2) is 74.8 Å². The van der Waals surface area contributed by atoms with Crippen LogP contribution in [0.25, 0.3) is 0 Å². The molecule has 3 rings (SSSR count). The van der Waals surface area contributed by atoms with E-state index < -0.39 is 0 Å². The van der Waals surface area contributed by atoms with Gasteiger partial charge < -0.3 is 29.9 Å². The van der Waals surface area contributed by atoms with Crippen molar-refractivity contribution in [3.05, 3.63) is 36.0 Å². The van der Waals surface area contributed by atoms with Gasteiger partial charge in [-0.3, -0.25) is 4.79 Å². The summed E-state index contributed by atoms with van der Waals surface area (Å²) in [5, 5.41) is 13.1. The molecule has 0 unspecified atom stereocenters. The number of phenols is 1. The fraction of sp³-hybridized carbons (Fsp3) is 0.455. The molecule has 0 atom stereocenters. The van der Waals surface area contributed by atoms with Crippen LogP contribution in [0.1, 0.15) is 23.7 Å². The smallest absolute Gasteiger partial charge is 0.259 e. The lowest BCUT2D eigenvalue weighted by Crippen LogP contribution is -2.47. The molecule has 1 aromatic carbocycles. The Morgan fingerprint density at radius 3 is 2.48 bits per heavy atom. The highest BCUT2D eigenvalue weighted by atomic mass is 35.5. The molecule has 0 bridgehead atoms. The molecule has 9 heteroatoms. The Morgan fingerprint density at radius 1 is 1.19 bits per heavy atom. The first-order valence-corrected chi connectivity index (χ1v) is 10.3. The molecule has 2 N–H and O–H groups in total. The Hall–Kier alpha value is -2.87. The summed E-state index contributed by atoms with van der Waals surface area (Å²) in [5.41, 5.74) is 2.39. The number of halogens is 1. The lowest BCUT2D eigenvalue weighted by molar-refractivity contribution is 0.0828. The number of aromatic nitrogens is 1. The SMILES string of the molecule is CCCNc1ccnc(N2CCN(c3ccc(O)cc3OC)CC2)c1C(=O)N(C)C.Cl. The maximum absolute atomic E-state index is 13.0. The first-order chi connectivity index (χ1) is 14.5. The average Bonchev–Trinajstić information content (AvgIpc) is 2.76. The number of carbonyl (C=O) groups is 1. The van der Waals surface area contributed by atoms with Crippen LogP contribution in [0.3, 0.4) is 0 Å². The summed E-state index contributed by atoms with van der Waals surface area (Å²) in [6.07, 6.45) is 2.73. The Balaban J connectivity index is 0.00000341. The third-order valence-electron chi connectivity index (χ3n) is 5.20. The Labute approximate surface area is 190 Å². The van der Waals surface area contributed by atoms with E-state index in [2.05, 4.69) is 27.0 Å². The second kappa shape index (κ2) is 10.9. The second-order valence-electron chi connectivity index (χ2n) is 7.51. The highest BCUT2D eigenvalue weighted by Gasteiger charge is 2.27. The molecule has 1 aliphatic heterocycles. The number of ether oxygens (including phenoxy) is 1. The predicted molar refractivity (Wildman–Crippen MR) is 127 cm³/mol. The third kappa shape index (κ3) is 5.44. The van der Waals surface area contributed by atoms with Crippen LogP contribution in [0.2, 0.25) is 0 Å². The first-order valence-electron chi connectivity index (χ1n) is 10.3. The highest BCUT2D eigenvalue weighted by molar-refractivity contribution is 6.04. The van der Waals surface area contributed by atoms with Crippen LogP contribution in [-0.2, 0) is 0 Å². The largest absolute Gasteiger partial charge is 0.508 e. The molecule has 1 saturated heterocycles. The normalized spacial score (nSPS) is 13.4. The summed E-state index contributed by atoms with van der Waals surface area (Å²) in [4.78, 5) is 23.5. The lowest BCUT2D eigenvalue weighted by atomic mass is 10.1. The third-order valence-corrected chi connectivity index (χ3v) is 5.20. The van der Waals surface area contributed by atoms with Gasteiger partial charge in [-0.05, 0) is 24.6 Å². The van der Waals surface area contributed by atoms with E-state index in [1.165, 1.54) is 0 Å². The van der Waals surface area contributed by atoms with E-state index in [1.54, 1.807) is 44.4 Å². The number of pyridine rings is 1. The molecular formula is C22H32ClN5O3. The van der Waals surface area contributed by atoms with E-state index in [0.717, 1.165) is 50.5 Å². The van der Waals surface area contributed by atoms with Crippen LogP contribution in [0.5, 0.6) is 11.5 Å². The molecule has 2 aromatic rings. The molecule has 1 aromatic heterocycles. The topological polar surface area (TPSA) is 81.2 Å². The summed E-state index contributed by atoms with van der Waals surface area (Å²) < 4.78 is 5.43. The number of rotatable bonds is 7. The standard InChI is InChI=1S/C22H31N5O3.ClH/c1-5-9-23-17-8-10-24-21(20(17)22(29)25(2)3)27-13-11-26(12-14-27)18-7-6-16(28)15-19(18)30-4;/h6-8,10,15,28H,5,9,11-14H2,1-4H3,(H,23,24);1H. The van der Waals surface area contributed by atoms with Gasteiger partial charge in [-0.2, -0.15) is 0 Å². The quantitative estimate of drug-likeness (QED) is 0.672. The summed E-state index contributed by atoms with van der Waals surface area (Å²) in [6.45, 7) is 5.85. The minimum atomic E-state index is -0.0562. The van der Waals surface area contributed by atoms with E-state index in [9.17, 15) is 9.90 Å². The summed E-state index contributed by atoms with van der Waals surface area (Å²) >= 11 is 0. The van der Waals surface area contributed by atoms with E-state index >= 15 is 0 Å². The van der Waals surface area contributed by atoms with Gasteiger partial charge in [-0.15, -0.1) is 12.4 Å². The van der Waals surface area contributed by atoms with Gasteiger partial charge in [-0.1, -0.05) is 6.92 Å². The second-order valence-corrected chi connectivity index (χ2v) is 7.51. The van der Waals surface area contributed by atoms with Gasteiger partial charge in [0.2, 0.25) is 0 Å². The molecule has 1 amide bonds. The number of carbonyl (C=O) groups excluding carboxylic acids is 1. The monoisotopic (exact) mass is 449 g/mol. The molecule has 0 radical (unpaired) electrons. The van der Waals surface area contributed by atoms with E-state index in [0.29, 0.717) is 17.1 Å². The molecular weight excluding hydrogens is 418 g/mol. The summed E-state index contributed by atoms with van der Waals surface area (Å²) in [7, 11) is 5.13. The van der Waals surface area contributed by atoms with E-state index in [-0.39, 0.29) is 24.1 Å². The zero-order valence-electron chi connectivity index (χ0n) is 18.6. The Bertz CT molecular complexity index is 885. The lowest BCUT2D eigenvalue weighted by Gasteiger charge is -2.38. The predicted octanol–water partition coefficient (Wildman–Crippen LogP) is 3.07. The van der Waals surface area contributed by atoms with Crippen LogP contribution >= 0.6 is 12.4 Å². The molecule has 170 valence electrons. The number of anilines is 3. The zero-order chi connectivity index (χ0) is 21.7. The van der Waals surface area contributed by atoms with Crippen molar-refractivity contribution in [2.75, 3.05) is 69.0 Å². The van der Waals surface area contributed by atoms with Crippen LogP contribution in [0, 0.1) is 0 Å². The average molecular weight is 450 g/mol. The molecule has 0 spiro atoms. The van der Waals surface area contributed by atoms with Gasteiger partial charge in [-0.25, -0.2) is 4.98 Å². The number of nitrogens with zero attached hydrogens (tertiary/aromatic N) is 4. The molecule has 8 nitrogen and oxygen atoms in total. The number of methoxy groups -OCH3 is 1. The van der Waals surface area contributed by atoms with Crippen molar-refractivity contribution in [2.24, 2.45) is 0 Å². The van der Waals surface area contributed by atoms with Gasteiger partial charge in [0.25, 0.3) is 5.91 Å². The van der Waals surface area contributed by atoms with Gasteiger partial charge in [0.05, 0.1) is 18.5 Å². The number of hydrogen-bond donors (Lipinski definition) is 2. The van der Waals surface area contributed by atoms with Crippen molar-refractivity contribution in [3.8, 4) is 11.5 Å². The number of phenolic OH excluding ortho intramolecular Hbond substituents is 1. The molecule has 0 aliphatic carbocycles. The number of nitrogens with one attached hydrogen (secondary N) is 1. The van der Waals surface area contributed by atoms with E-state index in [4.69, 9.17) is 4.74 Å². The molecule has 1 fully saturated rings. The molecule has 1 aliphatic rings. The van der Waals surface area contributed by atoms with Gasteiger partial charge >= 0.3 is 0 Å². The minimum absolute atomic E-state index is 0. The summed E-state index contributed by atoms with van der Waals surface area (Å²) in [5.74, 6) is 1.49. The van der Waals surface area contributed by atoms with Crippen molar-refractivity contribution in [1.82, 2.24) is 9.88 Å². The van der Waals surface area contributed by atoms with Crippen molar-refractivity contribution < 1.29 is 14.6 Å². The zero-order valence-corrected chi connectivity index (χ0v) is 19.4. The van der Waals surface area contributed by atoms with E-state index in [1.807, 2.05) is 12.1 Å². The van der Waals surface area contributed by atoms with Crippen molar-refractivity contribution in [2.45, 2.75) is 13.3 Å². The molecule has 0 saturated carbocycles. The van der Waals surface area contributed by atoms with Crippen LogP contribution in [0.15, 0.2) is 30.5 Å². The fourth-order valence-electron chi connectivity index (χ4n) is 3.62. The fourth-order valence-corrected chi connectivity index (χ4v) is 3.62. The van der Waals surface area contributed by atoms with Crippen LogP contribution in [0.4, 0.5) is 17.2 Å². The maximum Gasteiger partial charge on any atom is 0.259 e. The van der Waals surface area contributed by atoms with Gasteiger partial charge in [0.15, 0.2) is 0 Å². The number of hydrogen-bond acceptors (Lipinski definition) is 7. The number of aromatic hydroxyl groups is 1. The summed E-state index contributed by atoms with van der Waals surface area (Å²) in [6, 6.07) is 7.04. The van der Waals surface area contributed by atoms with Crippen molar-refractivity contribution in [1.29, 1.82) is 0 Å². The Morgan fingerprint density at radius 2 is 1.87 bits per heavy atom. The number of amides is 1.